The summed E-state index contributed by atoms with van der Waals surface area (Å²) in [6.07, 6.45) is 5.23. The Balaban J connectivity index is 1.52. The molecule has 0 saturated heterocycles. The summed E-state index contributed by atoms with van der Waals surface area (Å²) in [5.41, 5.74) is 4.72. The van der Waals surface area contributed by atoms with Crippen molar-refractivity contribution in [3.8, 4) is 0 Å². The Morgan fingerprint density at radius 3 is 2.41 bits per heavy atom. The molecule has 0 aliphatic heterocycles. The summed E-state index contributed by atoms with van der Waals surface area (Å²) < 4.78 is 1.79. The lowest BCUT2D eigenvalue weighted by Crippen LogP contribution is -2.20. The van der Waals surface area contributed by atoms with Gasteiger partial charge in [-0.2, -0.15) is 0 Å². The third-order valence-corrected chi connectivity index (χ3v) is 4.46. The molecule has 1 aromatic heterocycles. The standard InChI is InChI=1S/C21H25N5S/c1-3-4-5-17-10-12-19(13-11-17)23-21(27)24-20-22-15-26(25-20)14-18-8-6-16(2)7-9-18/h6-13,15H,3-5,14H2,1-2H3,(H2,23,24,25,27). The van der Waals surface area contributed by atoms with Crippen LogP contribution in [0.25, 0.3) is 0 Å². The normalized spacial score (nSPS) is 10.6. The molecule has 0 atom stereocenters. The second-order valence-corrected chi connectivity index (χ2v) is 7.04. The molecule has 0 amide bonds. The first kappa shape index (κ1) is 19.0. The summed E-state index contributed by atoms with van der Waals surface area (Å²) in [7, 11) is 0. The van der Waals surface area contributed by atoms with Crippen LogP contribution in [0.2, 0.25) is 0 Å². The van der Waals surface area contributed by atoms with Gasteiger partial charge in [0.2, 0.25) is 5.95 Å². The Bertz CT molecular complexity index is 868. The number of aryl methyl sites for hydroxylation is 2. The van der Waals surface area contributed by atoms with Crippen molar-refractivity contribution in [1.29, 1.82) is 0 Å². The molecule has 3 aromatic rings. The molecule has 2 aromatic carbocycles. The summed E-state index contributed by atoms with van der Waals surface area (Å²) in [4.78, 5) is 4.27. The molecule has 0 unspecified atom stereocenters. The predicted octanol–water partition coefficient (Wildman–Crippen LogP) is 4.79. The van der Waals surface area contributed by atoms with E-state index in [0.717, 1.165) is 12.1 Å². The minimum Gasteiger partial charge on any atom is -0.332 e. The highest BCUT2D eigenvalue weighted by atomic mass is 32.1. The quantitative estimate of drug-likeness (QED) is 0.578. The number of hydrogen-bond acceptors (Lipinski definition) is 3. The van der Waals surface area contributed by atoms with E-state index < -0.39 is 0 Å². The third kappa shape index (κ3) is 5.89. The molecule has 2 N–H and O–H groups in total. The molecule has 1 heterocycles. The summed E-state index contributed by atoms with van der Waals surface area (Å²) in [6, 6.07) is 16.7. The third-order valence-electron chi connectivity index (χ3n) is 4.26. The number of rotatable bonds is 7. The van der Waals surface area contributed by atoms with Gasteiger partial charge in [-0.1, -0.05) is 55.3 Å². The maximum Gasteiger partial charge on any atom is 0.248 e. The van der Waals surface area contributed by atoms with Gasteiger partial charge >= 0.3 is 0 Å². The van der Waals surface area contributed by atoms with Crippen LogP contribution in [0.5, 0.6) is 0 Å². The minimum absolute atomic E-state index is 0.476. The van der Waals surface area contributed by atoms with Gasteiger partial charge in [0.25, 0.3) is 0 Å². The van der Waals surface area contributed by atoms with Gasteiger partial charge in [-0.3, -0.25) is 5.32 Å². The Labute approximate surface area is 165 Å². The monoisotopic (exact) mass is 379 g/mol. The van der Waals surface area contributed by atoms with Crippen LogP contribution >= 0.6 is 12.2 Å². The van der Waals surface area contributed by atoms with Crippen LogP contribution in [0, 0.1) is 6.92 Å². The van der Waals surface area contributed by atoms with E-state index in [9.17, 15) is 0 Å². The van der Waals surface area contributed by atoms with Gasteiger partial charge < -0.3 is 5.32 Å². The van der Waals surface area contributed by atoms with Gasteiger partial charge in [-0.25, -0.2) is 9.67 Å². The first-order valence-corrected chi connectivity index (χ1v) is 9.65. The topological polar surface area (TPSA) is 54.8 Å². The second-order valence-electron chi connectivity index (χ2n) is 6.63. The first-order chi connectivity index (χ1) is 13.1. The Morgan fingerprint density at radius 2 is 1.70 bits per heavy atom. The van der Waals surface area contributed by atoms with Gasteiger partial charge in [-0.05, 0) is 55.2 Å². The largest absolute Gasteiger partial charge is 0.332 e. The lowest BCUT2D eigenvalue weighted by molar-refractivity contribution is 0.687. The average Bonchev–Trinajstić information content (AvgIpc) is 3.09. The zero-order valence-electron chi connectivity index (χ0n) is 15.8. The van der Waals surface area contributed by atoms with Crippen LogP contribution in [-0.4, -0.2) is 19.9 Å². The van der Waals surface area contributed by atoms with E-state index >= 15 is 0 Å². The molecule has 5 nitrogen and oxygen atoms in total. The number of nitrogens with one attached hydrogen (secondary N) is 2. The Hall–Kier alpha value is -2.73. The lowest BCUT2D eigenvalue weighted by atomic mass is 10.1. The number of benzene rings is 2. The van der Waals surface area contributed by atoms with E-state index in [0.29, 0.717) is 17.6 Å². The fourth-order valence-electron chi connectivity index (χ4n) is 2.71. The number of thiocarbonyl (C=S) groups is 1. The summed E-state index contributed by atoms with van der Waals surface area (Å²) >= 11 is 5.36. The lowest BCUT2D eigenvalue weighted by Gasteiger charge is -2.09. The molecule has 0 bridgehead atoms. The number of nitrogens with zero attached hydrogens (tertiary/aromatic N) is 3. The van der Waals surface area contributed by atoms with Crippen molar-refractivity contribution in [2.75, 3.05) is 10.6 Å². The van der Waals surface area contributed by atoms with Gasteiger partial charge in [0.1, 0.15) is 6.33 Å². The van der Waals surface area contributed by atoms with E-state index in [4.69, 9.17) is 12.2 Å². The minimum atomic E-state index is 0.476. The van der Waals surface area contributed by atoms with E-state index in [1.807, 2.05) is 12.1 Å². The molecule has 0 radical (unpaired) electrons. The molecule has 27 heavy (non-hydrogen) atoms. The van der Waals surface area contributed by atoms with Crippen LogP contribution in [-0.2, 0) is 13.0 Å². The fraction of sp³-hybridized carbons (Fsp3) is 0.286. The van der Waals surface area contributed by atoms with Gasteiger partial charge in [-0.15, -0.1) is 5.10 Å². The second kappa shape index (κ2) is 9.28. The van der Waals surface area contributed by atoms with Gasteiger partial charge in [0, 0.05) is 5.69 Å². The van der Waals surface area contributed by atoms with E-state index in [1.165, 1.54) is 29.5 Å². The van der Waals surface area contributed by atoms with Crippen molar-refractivity contribution >= 4 is 29.0 Å². The fourth-order valence-corrected chi connectivity index (χ4v) is 2.92. The van der Waals surface area contributed by atoms with Crippen molar-refractivity contribution in [3.05, 3.63) is 71.5 Å². The highest BCUT2D eigenvalue weighted by Gasteiger charge is 2.05. The molecule has 0 saturated carbocycles. The van der Waals surface area contributed by atoms with Gasteiger partial charge in [0.05, 0.1) is 6.54 Å². The molecule has 3 rings (SSSR count). The van der Waals surface area contributed by atoms with Crippen molar-refractivity contribution in [1.82, 2.24) is 14.8 Å². The molecule has 0 aliphatic carbocycles. The van der Waals surface area contributed by atoms with Crippen LogP contribution in [0.3, 0.4) is 0 Å². The summed E-state index contributed by atoms with van der Waals surface area (Å²) in [5, 5.41) is 11.1. The van der Waals surface area contributed by atoms with Crippen molar-refractivity contribution in [3.63, 3.8) is 0 Å². The van der Waals surface area contributed by atoms with Crippen LogP contribution in [0.4, 0.5) is 11.6 Å². The zero-order chi connectivity index (χ0) is 19.1. The maximum absolute atomic E-state index is 5.36. The highest BCUT2D eigenvalue weighted by Crippen LogP contribution is 2.12. The maximum atomic E-state index is 5.36. The smallest absolute Gasteiger partial charge is 0.248 e. The molecular formula is C21H25N5S. The van der Waals surface area contributed by atoms with Crippen LogP contribution in [0.15, 0.2) is 54.9 Å². The zero-order valence-corrected chi connectivity index (χ0v) is 16.6. The molecule has 6 heteroatoms. The molecule has 140 valence electrons. The van der Waals surface area contributed by atoms with Crippen LogP contribution < -0.4 is 10.6 Å². The molecule has 0 spiro atoms. The first-order valence-electron chi connectivity index (χ1n) is 9.24. The highest BCUT2D eigenvalue weighted by molar-refractivity contribution is 7.80. The van der Waals surface area contributed by atoms with Gasteiger partial charge in [0.15, 0.2) is 5.11 Å². The Morgan fingerprint density at radius 1 is 1.00 bits per heavy atom. The molecular weight excluding hydrogens is 354 g/mol. The van der Waals surface area contributed by atoms with Crippen molar-refractivity contribution in [2.45, 2.75) is 39.7 Å². The summed E-state index contributed by atoms with van der Waals surface area (Å²) in [5.74, 6) is 0.485. The van der Waals surface area contributed by atoms with Crippen molar-refractivity contribution < 1.29 is 0 Å². The molecule has 0 aliphatic rings. The van der Waals surface area contributed by atoms with E-state index in [-0.39, 0.29) is 0 Å². The van der Waals surface area contributed by atoms with E-state index in [1.54, 1.807) is 11.0 Å². The molecule has 0 fully saturated rings. The van der Waals surface area contributed by atoms with E-state index in [2.05, 4.69) is 71.0 Å². The Kier molecular flexibility index (Phi) is 6.54. The SMILES string of the molecule is CCCCc1ccc(NC(=S)Nc2ncn(Cc3ccc(C)cc3)n2)cc1. The summed E-state index contributed by atoms with van der Waals surface area (Å²) in [6.45, 7) is 4.96. The number of hydrogen-bond donors (Lipinski definition) is 2. The van der Waals surface area contributed by atoms with Crippen LogP contribution in [0.1, 0.15) is 36.5 Å². The number of unbranched alkanes of at least 4 members (excludes halogenated alkanes) is 1. The number of anilines is 2. The average molecular weight is 380 g/mol. The van der Waals surface area contributed by atoms with Crippen molar-refractivity contribution in [2.24, 2.45) is 0 Å². The predicted molar refractivity (Wildman–Crippen MR) is 115 cm³/mol. The number of aromatic nitrogens is 3.